The van der Waals surface area contributed by atoms with Crippen LogP contribution in [-0.2, 0) is 14.3 Å². The molecule has 0 aromatic heterocycles. The van der Waals surface area contributed by atoms with E-state index in [1.54, 1.807) is 18.2 Å². The van der Waals surface area contributed by atoms with Crippen LogP contribution < -0.4 is 5.73 Å². The van der Waals surface area contributed by atoms with Crippen LogP contribution in [0.25, 0.3) is 0 Å². The third kappa shape index (κ3) is 3.34. The molecular weight excluding hydrogens is 274 g/mol. The van der Waals surface area contributed by atoms with Gasteiger partial charge in [0.05, 0.1) is 13.0 Å². The summed E-state index contributed by atoms with van der Waals surface area (Å²) in [6.45, 7) is 0. The molecule has 86 valence electrons. The quantitative estimate of drug-likeness (QED) is 0.854. The summed E-state index contributed by atoms with van der Waals surface area (Å²) in [6.07, 6.45) is -0.0525. The molecule has 1 unspecified atom stereocenters. The second-order valence-corrected chi connectivity index (χ2v) is 4.22. The van der Waals surface area contributed by atoms with Gasteiger partial charge in [-0.1, -0.05) is 28.1 Å². The van der Waals surface area contributed by atoms with E-state index in [1.165, 1.54) is 7.11 Å². The summed E-state index contributed by atoms with van der Waals surface area (Å²) in [6, 6.07) is 7.15. The van der Waals surface area contributed by atoms with E-state index in [9.17, 15) is 9.59 Å². The highest BCUT2D eigenvalue weighted by atomic mass is 79.9. The number of ether oxygens (including phenoxy) is 1. The maximum Gasteiger partial charge on any atom is 0.313 e. The molecule has 0 saturated carbocycles. The van der Waals surface area contributed by atoms with E-state index >= 15 is 0 Å². The second-order valence-electron chi connectivity index (χ2n) is 3.30. The van der Waals surface area contributed by atoms with Crippen LogP contribution in [0.15, 0.2) is 28.7 Å². The van der Waals surface area contributed by atoms with Crippen molar-refractivity contribution in [3.63, 3.8) is 0 Å². The second kappa shape index (κ2) is 5.65. The van der Waals surface area contributed by atoms with Crippen LogP contribution >= 0.6 is 15.9 Å². The molecule has 0 aliphatic carbocycles. The van der Waals surface area contributed by atoms with Crippen LogP contribution in [0.3, 0.4) is 0 Å². The summed E-state index contributed by atoms with van der Waals surface area (Å²) >= 11 is 3.30. The van der Waals surface area contributed by atoms with Crippen LogP contribution in [0, 0.1) is 0 Å². The summed E-state index contributed by atoms with van der Waals surface area (Å²) in [7, 11) is 1.29. The lowest BCUT2D eigenvalue weighted by atomic mass is 9.96. The normalized spacial score (nSPS) is 11.9. The van der Waals surface area contributed by atoms with Crippen molar-refractivity contribution < 1.29 is 14.3 Å². The van der Waals surface area contributed by atoms with Gasteiger partial charge in [-0.15, -0.1) is 0 Å². The number of carbonyl (C=O) groups excluding carboxylic acids is 2. The Labute approximate surface area is 102 Å². The highest BCUT2D eigenvalue weighted by Crippen LogP contribution is 2.23. The molecule has 0 aliphatic heterocycles. The molecule has 4 nitrogen and oxygen atoms in total. The molecule has 0 heterocycles. The molecule has 5 heteroatoms. The van der Waals surface area contributed by atoms with E-state index in [1.807, 2.05) is 6.07 Å². The van der Waals surface area contributed by atoms with Crippen molar-refractivity contribution in [2.24, 2.45) is 5.73 Å². The van der Waals surface area contributed by atoms with E-state index in [-0.39, 0.29) is 6.42 Å². The Balaban J connectivity index is 3.00. The zero-order valence-corrected chi connectivity index (χ0v) is 10.4. The number of halogens is 1. The Bertz CT molecular complexity index is 406. The Morgan fingerprint density at radius 3 is 2.69 bits per heavy atom. The average Bonchev–Trinajstić information content (AvgIpc) is 2.24. The highest BCUT2D eigenvalue weighted by Gasteiger charge is 2.23. The van der Waals surface area contributed by atoms with E-state index in [0.717, 1.165) is 4.47 Å². The molecule has 1 aromatic carbocycles. The lowest BCUT2D eigenvalue weighted by Crippen LogP contribution is -2.22. The minimum absolute atomic E-state index is 0.0525. The number of benzene rings is 1. The maximum absolute atomic E-state index is 11.5. The van der Waals surface area contributed by atoms with Crippen LogP contribution in [0.2, 0.25) is 0 Å². The number of esters is 1. The van der Waals surface area contributed by atoms with Crippen LogP contribution in [0.4, 0.5) is 0 Å². The van der Waals surface area contributed by atoms with E-state index < -0.39 is 17.8 Å². The van der Waals surface area contributed by atoms with Gasteiger partial charge in [-0.2, -0.15) is 0 Å². The molecule has 0 bridgehead atoms. The van der Waals surface area contributed by atoms with E-state index in [2.05, 4.69) is 20.7 Å². The zero-order chi connectivity index (χ0) is 12.1. The largest absolute Gasteiger partial charge is 0.469 e. The zero-order valence-electron chi connectivity index (χ0n) is 8.77. The van der Waals surface area contributed by atoms with Gasteiger partial charge in [0.25, 0.3) is 0 Å². The number of carbonyl (C=O) groups is 2. The molecule has 1 aromatic rings. The van der Waals surface area contributed by atoms with Gasteiger partial charge in [-0.05, 0) is 17.7 Å². The Kier molecular flexibility index (Phi) is 4.49. The van der Waals surface area contributed by atoms with Gasteiger partial charge in [0.1, 0.15) is 0 Å². The smallest absolute Gasteiger partial charge is 0.313 e. The molecule has 0 saturated heterocycles. The standard InChI is InChI=1S/C11H12BrNO3/c1-16-11(15)9(6-10(13)14)7-3-2-4-8(12)5-7/h2-5,9H,6H2,1H3,(H2,13,14). The van der Waals surface area contributed by atoms with Gasteiger partial charge < -0.3 is 10.5 Å². The van der Waals surface area contributed by atoms with Gasteiger partial charge in [0.15, 0.2) is 0 Å². The molecule has 1 atom stereocenters. The van der Waals surface area contributed by atoms with Gasteiger partial charge in [-0.3, -0.25) is 9.59 Å². The number of hydrogen-bond donors (Lipinski definition) is 1. The monoisotopic (exact) mass is 285 g/mol. The van der Waals surface area contributed by atoms with Crippen LogP contribution in [0.5, 0.6) is 0 Å². The average molecular weight is 286 g/mol. The van der Waals surface area contributed by atoms with Crippen LogP contribution in [-0.4, -0.2) is 19.0 Å². The Morgan fingerprint density at radius 2 is 2.19 bits per heavy atom. The van der Waals surface area contributed by atoms with Gasteiger partial charge in [0, 0.05) is 10.9 Å². The number of amides is 1. The fourth-order valence-electron chi connectivity index (χ4n) is 1.40. The van der Waals surface area contributed by atoms with Crippen molar-refractivity contribution in [3.05, 3.63) is 34.3 Å². The minimum Gasteiger partial charge on any atom is -0.469 e. The topological polar surface area (TPSA) is 69.4 Å². The van der Waals surface area contributed by atoms with Gasteiger partial charge in [-0.25, -0.2) is 0 Å². The molecule has 0 aliphatic rings. The first-order valence-electron chi connectivity index (χ1n) is 4.66. The molecular formula is C11H12BrNO3. The molecule has 2 N–H and O–H groups in total. The van der Waals surface area contributed by atoms with Crippen molar-refractivity contribution >= 4 is 27.8 Å². The van der Waals surface area contributed by atoms with Gasteiger partial charge in [0.2, 0.25) is 5.91 Å². The number of nitrogens with two attached hydrogens (primary N) is 1. The number of rotatable bonds is 4. The van der Waals surface area contributed by atoms with Crippen LogP contribution in [0.1, 0.15) is 17.9 Å². The predicted octanol–water partition coefficient (Wildman–Crippen LogP) is 1.58. The number of primary amides is 1. The van der Waals surface area contributed by atoms with Crippen molar-refractivity contribution in [2.45, 2.75) is 12.3 Å². The molecule has 1 amide bonds. The van der Waals surface area contributed by atoms with Gasteiger partial charge >= 0.3 is 5.97 Å². The predicted molar refractivity (Wildman–Crippen MR) is 62.7 cm³/mol. The molecule has 1 rings (SSSR count). The first-order valence-corrected chi connectivity index (χ1v) is 5.45. The summed E-state index contributed by atoms with van der Waals surface area (Å²) in [5.41, 5.74) is 5.81. The van der Waals surface area contributed by atoms with Crippen molar-refractivity contribution in [1.29, 1.82) is 0 Å². The van der Waals surface area contributed by atoms with E-state index in [0.29, 0.717) is 5.56 Å². The summed E-state index contributed by atoms with van der Waals surface area (Å²) in [4.78, 5) is 22.4. The van der Waals surface area contributed by atoms with Crippen molar-refractivity contribution in [3.8, 4) is 0 Å². The lowest BCUT2D eigenvalue weighted by Gasteiger charge is -2.13. The summed E-state index contributed by atoms with van der Waals surface area (Å²) in [5, 5.41) is 0. The third-order valence-corrected chi connectivity index (χ3v) is 2.64. The third-order valence-electron chi connectivity index (χ3n) is 2.14. The summed E-state index contributed by atoms with van der Waals surface area (Å²) < 4.78 is 5.48. The Morgan fingerprint density at radius 1 is 1.50 bits per heavy atom. The molecule has 16 heavy (non-hydrogen) atoms. The molecule has 0 radical (unpaired) electrons. The fraction of sp³-hybridized carbons (Fsp3) is 0.273. The lowest BCUT2D eigenvalue weighted by molar-refractivity contribution is -0.143. The highest BCUT2D eigenvalue weighted by molar-refractivity contribution is 9.10. The maximum atomic E-state index is 11.5. The van der Waals surface area contributed by atoms with Crippen molar-refractivity contribution in [1.82, 2.24) is 0 Å². The fourth-order valence-corrected chi connectivity index (χ4v) is 1.82. The minimum atomic E-state index is -0.639. The van der Waals surface area contributed by atoms with E-state index in [4.69, 9.17) is 5.73 Å². The molecule has 0 fully saturated rings. The molecule has 0 spiro atoms. The summed E-state index contributed by atoms with van der Waals surface area (Å²) in [5.74, 6) is -1.63. The SMILES string of the molecule is COC(=O)C(CC(N)=O)c1cccc(Br)c1. The number of methoxy groups -OCH3 is 1. The number of hydrogen-bond acceptors (Lipinski definition) is 3. The Hall–Kier alpha value is -1.36. The first-order chi connectivity index (χ1) is 7.54. The van der Waals surface area contributed by atoms with Crippen molar-refractivity contribution in [2.75, 3.05) is 7.11 Å². The first kappa shape index (κ1) is 12.7.